The van der Waals surface area contributed by atoms with Crippen molar-refractivity contribution < 1.29 is 22.7 Å². The number of hydroxylamine groups is 1. The summed E-state index contributed by atoms with van der Waals surface area (Å²) in [6.45, 7) is 0. The van der Waals surface area contributed by atoms with E-state index in [1.165, 1.54) is 30.7 Å². The molecule has 2 heterocycles. The monoisotopic (exact) mass is 305 g/mol. The fraction of sp³-hybridized carbons (Fsp3) is 0. The molecule has 0 bridgehead atoms. The summed E-state index contributed by atoms with van der Waals surface area (Å²) in [5, 5.41) is 7.30. The van der Waals surface area contributed by atoms with Gasteiger partial charge < -0.3 is 13.9 Å². The zero-order valence-corrected chi connectivity index (χ0v) is 11.0. The molecule has 0 saturated heterocycles. The Morgan fingerprint density at radius 3 is 2.77 bits per heavy atom. The van der Waals surface area contributed by atoms with E-state index in [4.69, 9.17) is 9.36 Å². The van der Waals surface area contributed by atoms with Gasteiger partial charge in [0.05, 0.1) is 0 Å². The van der Waals surface area contributed by atoms with Crippen LogP contribution in [-0.4, -0.2) is 10.3 Å². The molecule has 3 aromatic rings. The number of aromatic nitrogens is 2. The minimum atomic E-state index is -0.944. The van der Waals surface area contributed by atoms with Crippen molar-refractivity contribution in [1.82, 2.24) is 15.8 Å². The number of rotatable bonds is 5. The summed E-state index contributed by atoms with van der Waals surface area (Å²) in [6, 6.07) is 6.59. The van der Waals surface area contributed by atoms with Gasteiger partial charge >= 0.3 is 0 Å². The van der Waals surface area contributed by atoms with E-state index in [0.29, 0.717) is 17.0 Å². The molecule has 3 rings (SSSR count). The van der Waals surface area contributed by atoms with Crippen molar-refractivity contribution in [3.63, 3.8) is 0 Å². The van der Waals surface area contributed by atoms with E-state index in [1.54, 1.807) is 6.07 Å². The third kappa shape index (κ3) is 3.11. The molecule has 0 radical (unpaired) electrons. The van der Waals surface area contributed by atoms with Crippen LogP contribution in [0.4, 0.5) is 8.78 Å². The van der Waals surface area contributed by atoms with Crippen molar-refractivity contribution in [1.29, 1.82) is 0 Å². The van der Waals surface area contributed by atoms with Gasteiger partial charge in [-0.15, -0.1) is 0 Å². The molecule has 0 aliphatic carbocycles. The van der Waals surface area contributed by atoms with Gasteiger partial charge in [0.15, 0.2) is 17.4 Å². The van der Waals surface area contributed by atoms with Gasteiger partial charge in [-0.25, -0.2) is 14.3 Å². The van der Waals surface area contributed by atoms with E-state index in [1.807, 2.05) is 0 Å². The molecule has 6 nitrogen and oxygen atoms in total. The molecule has 22 heavy (non-hydrogen) atoms. The van der Waals surface area contributed by atoms with Crippen molar-refractivity contribution in [3.8, 4) is 17.1 Å². The summed E-state index contributed by atoms with van der Waals surface area (Å²) < 4.78 is 35.7. The smallest absolute Gasteiger partial charge is 0.284 e. The van der Waals surface area contributed by atoms with Gasteiger partial charge in [0.2, 0.25) is 0 Å². The number of nitrogens with one attached hydrogen (secondary N) is 1. The predicted molar refractivity (Wildman–Crippen MR) is 71.2 cm³/mol. The summed E-state index contributed by atoms with van der Waals surface area (Å²) in [6.07, 6.45) is 4.35. The van der Waals surface area contributed by atoms with E-state index >= 15 is 0 Å². The van der Waals surface area contributed by atoms with E-state index in [2.05, 4.69) is 20.3 Å². The Labute approximate surface area is 122 Å². The Balaban J connectivity index is 1.64. The second-order valence-electron chi connectivity index (χ2n) is 4.13. The van der Waals surface area contributed by atoms with Crippen molar-refractivity contribution in [2.24, 2.45) is 0 Å². The molecule has 0 aliphatic rings. The lowest BCUT2D eigenvalue weighted by Crippen LogP contribution is -2.09. The quantitative estimate of drug-likeness (QED) is 0.730. The van der Waals surface area contributed by atoms with Gasteiger partial charge in [-0.1, -0.05) is 5.16 Å². The van der Waals surface area contributed by atoms with Crippen LogP contribution in [0.1, 0.15) is 5.76 Å². The van der Waals surface area contributed by atoms with Gasteiger partial charge in [-0.2, -0.15) is 0 Å². The summed E-state index contributed by atoms with van der Waals surface area (Å²) in [4.78, 5) is 4.99. The molecule has 0 amide bonds. The normalized spacial score (nSPS) is 11.0. The molecule has 0 atom stereocenters. The maximum atomic E-state index is 13.2. The first-order chi connectivity index (χ1) is 10.7. The van der Waals surface area contributed by atoms with Crippen LogP contribution in [0.15, 0.2) is 51.8 Å². The molecule has 1 N–H and O–H groups in total. The Hall–Kier alpha value is -3.16. The number of halogens is 2. The van der Waals surface area contributed by atoms with Gasteiger partial charge in [-0.3, -0.25) is 0 Å². The fourth-order valence-corrected chi connectivity index (χ4v) is 1.62. The second kappa shape index (κ2) is 6.08. The first-order valence-corrected chi connectivity index (χ1v) is 6.14. The Bertz CT molecular complexity index is 784. The molecule has 8 heteroatoms. The highest BCUT2D eigenvalue weighted by Gasteiger charge is 2.08. The first-order valence-electron chi connectivity index (χ1n) is 6.14. The highest BCUT2D eigenvalue weighted by Crippen LogP contribution is 2.21. The number of benzene rings is 1. The van der Waals surface area contributed by atoms with Crippen LogP contribution >= 0.6 is 0 Å². The molecule has 0 unspecified atom stereocenters. The second-order valence-corrected chi connectivity index (χ2v) is 4.13. The third-order valence-electron chi connectivity index (χ3n) is 2.64. The summed E-state index contributed by atoms with van der Waals surface area (Å²) in [5.74, 6) is -1.19. The Morgan fingerprint density at radius 2 is 2.00 bits per heavy atom. The summed E-state index contributed by atoms with van der Waals surface area (Å²) in [7, 11) is 0. The highest BCUT2D eigenvalue weighted by atomic mass is 19.2. The number of hydrogen-bond donors (Lipinski definition) is 1. The van der Waals surface area contributed by atoms with Crippen molar-refractivity contribution in [2.75, 3.05) is 0 Å². The SMILES string of the molecule is Fc1ccc(-c2cc(C=CNOc3ccon3)on2)cc1F. The molecule has 1 aromatic carbocycles. The standard InChI is InChI=1S/C14H9F2N3O3/c15-11-2-1-9(7-12(11)16)13-8-10(21-18-13)3-5-17-22-14-4-6-20-19-14/h1-8,17H. The molecule has 0 saturated carbocycles. The average Bonchev–Trinajstić information content (AvgIpc) is 3.18. The van der Waals surface area contributed by atoms with E-state index in [0.717, 1.165) is 12.1 Å². The molecular weight excluding hydrogens is 296 g/mol. The van der Waals surface area contributed by atoms with Gasteiger partial charge in [0, 0.05) is 30.0 Å². The zero-order valence-electron chi connectivity index (χ0n) is 11.0. The topological polar surface area (TPSA) is 73.3 Å². The van der Waals surface area contributed by atoms with Crippen molar-refractivity contribution >= 4 is 6.08 Å². The van der Waals surface area contributed by atoms with Crippen LogP contribution in [0, 0.1) is 11.6 Å². The fourth-order valence-electron chi connectivity index (χ4n) is 1.62. The molecule has 0 fully saturated rings. The predicted octanol–water partition coefficient (Wildman–Crippen LogP) is 3.16. The maximum Gasteiger partial charge on any atom is 0.284 e. The average molecular weight is 305 g/mol. The van der Waals surface area contributed by atoms with E-state index in [-0.39, 0.29) is 5.88 Å². The largest absolute Gasteiger partial charge is 0.361 e. The lowest BCUT2D eigenvalue weighted by Gasteiger charge is -1.96. The molecule has 112 valence electrons. The van der Waals surface area contributed by atoms with Crippen LogP contribution in [0.25, 0.3) is 17.3 Å². The third-order valence-corrected chi connectivity index (χ3v) is 2.64. The molecular formula is C14H9F2N3O3. The Morgan fingerprint density at radius 1 is 1.09 bits per heavy atom. The van der Waals surface area contributed by atoms with Gasteiger partial charge in [0.25, 0.3) is 5.88 Å². The summed E-state index contributed by atoms with van der Waals surface area (Å²) >= 11 is 0. The van der Waals surface area contributed by atoms with Gasteiger partial charge in [0.1, 0.15) is 12.0 Å². The van der Waals surface area contributed by atoms with Crippen LogP contribution in [0.3, 0.4) is 0 Å². The Kier molecular flexibility index (Phi) is 3.82. The number of nitrogens with zero attached hydrogens (tertiary/aromatic N) is 2. The lowest BCUT2D eigenvalue weighted by molar-refractivity contribution is 0.217. The lowest BCUT2D eigenvalue weighted by atomic mass is 10.1. The van der Waals surface area contributed by atoms with Crippen molar-refractivity contribution in [2.45, 2.75) is 0 Å². The molecule has 2 aromatic heterocycles. The summed E-state index contributed by atoms with van der Waals surface area (Å²) in [5.41, 5.74) is 3.30. The highest BCUT2D eigenvalue weighted by molar-refractivity contribution is 5.61. The minimum absolute atomic E-state index is 0.268. The first kappa shape index (κ1) is 13.8. The van der Waals surface area contributed by atoms with Crippen LogP contribution < -0.4 is 10.3 Å². The van der Waals surface area contributed by atoms with E-state index in [9.17, 15) is 8.78 Å². The number of hydrogen-bond acceptors (Lipinski definition) is 6. The molecule has 0 aliphatic heterocycles. The molecule has 0 spiro atoms. The zero-order chi connectivity index (χ0) is 15.4. The minimum Gasteiger partial charge on any atom is -0.361 e. The van der Waals surface area contributed by atoms with Crippen LogP contribution in [0.5, 0.6) is 5.88 Å². The van der Waals surface area contributed by atoms with Gasteiger partial charge in [-0.05, 0) is 23.4 Å². The maximum absolute atomic E-state index is 13.2. The van der Waals surface area contributed by atoms with E-state index < -0.39 is 11.6 Å². The van der Waals surface area contributed by atoms with Crippen molar-refractivity contribution in [3.05, 3.63) is 60.2 Å². The van der Waals surface area contributed by atoms with Crippen LogP contribution in [-0.2, 0) is 0 Å². The van der Waals surface area contributed by atoms with Crippen LogP contribution in [0.2, 0.25) is 0 Å².